The van der Waals surface area contributed by atoms with E-state index in [2.05, 4.69) is 31.3 Å². The van der Waals surface area contributed by atoms with Crippen molar-refractivity contribution in [3.8, 4) is 0 Å². The molecule has 118 valence electrons. The van der Waals surface area contributed by atoms with Gasteiger partial charge in [0.25, 0.3) is 11.8 Å². The first-order valence-electron chi connectivity index (χ1n) is 7.91. The summed E-state index contributed by atoms with van der Waals surface area (Å²) in [7, 11) is 0. The lowest BCUT2D eigenvalue weighted by Crippen LogP contribution is -2.34. The lowest BCUT2D eigenvalue weighted by Gasteiger charge is -2.16. The first-order chi connectivity index (χ1) is 11.1. The van der Waals surface area contributed by atoms with E-state index in [0.29, 0.717) is 17.0 Å². The van der Waals surface area contributed by atoms with Crippen LogP contribution in [0.1, 0.15) is 52.5 Å². The van der Waals surface area contributed by atoms with E-state index >= 15 is 0 Å². The van der Waals surface area contributed by atoms with E-state index in [1.54, 1.807) is 24.3 Å². The minimum Gasteiger partial charge on any atom is -0.367 e. The monoisotopic (exact) mass is 308 g/mol. The Morgan fingerprint density at radius 2 is 1.52 bits per heavy atom. The van der Waals surface area contributed by atoms with Crippen molar-refractivity contribution in [3.05, 3.63) is 65.2 Å². The molecule has 0 saturated heterocycles. The van der Waals surface area contributed by atoms with Crippen LogP contribution in [0.4, 0.5) is 5.69 Å². The highest BCUT2D eigenvalue weighted by atomic mass is 16.2. The van der Waals surface area contributed by atoms with Gasteiger partial charge in [0.2, 0.25) is 0 Å². The van der Waals surface area contributed by atoms with Gasteiger partial charge in [-0.05, 0) is 42.2 Å². The Labute approximate surface area is 136 Å². The molecule has 1 N–H and O–H groups in total. The average Bonchev–Trinajstić information content (AvgIpc) is 2.84. The quantitative estimate of drug-likeness (QED) is 0.853. The third-order valence-corrected chi connectivity index (χ3v) is 4.41. The Morgan fingerprint density at radius 1 is 0.957 bits per heavy atom. The van der Waals surface area contributed by atoms with Gasteiger partial charge in [0.05, 0.1) is 17.8 Å². The van der Waals surface area contributed by atoms with Crippen LogP contribution in [-0.2, 0) is 0 Å². The molecule has 0 saturated carbocycles. The van der Waals surface area contributed by atoms with E-state index in [1.807, 2.05) is 12.1 Å². The maximum atomic E-state index is 12.3. The summed E-state index contributed by atoms with van der Waals surface area (Å²) in [5.41, 5.74) is 3.14. The van der Waals surface area contributed by atoms with Crippen LogP contribution in [0, 0.1) is 0 Å². The van der Waals surface area contributed by atoms with Gasteiger partial charge in [0.15, 0.2) is 0 Å². The van der Waals surface area contributed by atoms with E-state index < -0.39 is 0 Å². The van der Waals surface area contributed by atoms with Crippen LogP contribution < -0.4 is 5.32 Å². The first kappa shape index (κ1) is 15.3. The van der Waals surface area contributed by atoms with Gasteiger partial charge in [-0.1, -0.05) is 38.1 Å². The third kappa shape index (κ3) is 2.84. The van der Waals surface area contributed by atoms with Crippen molar-refractivity contribution < 1.29 is 9.59 Å². The standard InChI is InChI=1S/C19H20N2O2/c1-3-13(2)14-8-10-15(11-9-14)20-12-21-18(22)16-6-4-5-7-17(16)19(21)23/h4-11,13,20H,3,12H2,1-2H3. The molecule has 2 amide bonds. The molecule has 0 aliphatic carbocycles. The number of nitrogens with zero attached hydrogens (tertiary/aromatic N) is 1. The van der Waals surface area contributed by atoms with Crippen molar-refractivity contribution in [1.82, 2.24) is 4.90 Å². The van der Waals surface area contributed by atoms with Gasteiger partial charge in [-0.2, -0.15) is 0 Å². The first-order valence-corrected chi connectivity index (χ1v) is 7.91. The molecule has 2 aromatic rings. The smallest absolute Gasteiger partial charge is 0.263 e. The van der Waals surface area contributed by atoms with Gasteiger partial charge < -0.3 is 5.32 Å². The fraction of sp³-hybridized carbons (Fsp3) is 0.263. The van der Waals surface area contributed by atoms with Gasteiger partial charge in [-0.3, -0.25) is 14.5 Å². The number of hydrogen-bond donors (Lipinski definition) is 1. The summed E-state index contributed by atoms with van der Waals surface area (Å²) in [5.74, 6) is 0.0453. The molecule has 0 aromatic heterocycles. The van der Waals surface area contributed by atoms with Crippen LogP contribution in [0.2, 0.25) is 0 Å². The zero-order chi connectivity index (χ0) is 16.4. The van der Waals surface area contributed by atoms with Crippen LogP contribution in [0.3, 0.4) is 0 Å². The number of benzene rings is 2. The number of carbonyl (C=O) groups is 2. The summed E-state index contributed by atoms with van der Waals surface area (Å²) in [6, 6.07) is 15.1. The molecule has 23 heavy (non-hydrogen) atoms. The molecule has 1 atom stereocenters. The molecule has 0 fully saturated rings. The zero-order valence-electron chi connectivity index (χ0n) is 13.4. The Hall–Kier alpha value is -2.62. The molecule has 4 heteroatoms. The number of amides is 2. The highest BCUT2D eigenvalue weighted by molar-refractivity contribution is 6.21. The highest BCUT2D eigenvalue weighted by Gasteiger charge is 2.34. The van der Waals surface area contributed by atoms with E-state index in [9.17, 15) is 9.59 Å². The summed E-state index contributed by atoms with van der Waals surface area (Å²) >= 11 is 0. The van der Waals surface area contributed by atoms with Gasteiger partial charge in [0.1, 0.15) is 0 Å². The van der Waals surface area contributed by atoms with Gasteiger partial charge in [-0.25, -0.2) is 0 Å². The molecule has 1 unspecified atom stereocenters. The minimum atomic E-state index is -0.241. The Bertz CT molecular complexity index is 702. The Morgan fingerprint density at radius 3 is 2.04 bits per heavy atom. The van der Waals surface area contributed by atoms with Crippen molar-refractivity contribution >= 4 is 17.5 Å². The van der Waals surface area contributed by atoms with E-state index in [0.717, 1.165) is 12.1 Å². The number of nitrogens with one attached hydrogen (secondary N) is 1. The van der Waals surface area contributed by atoms with Crippen molar-refractivity contribution in [2.24, 2.45) is 0 Å². The second kappa shape index (κ2) is 6.24. The molecule has 0 radical (unpaired) electrons. The molecular weight excluding hydrogens is 288 g/mol. The summed E-state index contributed by atoms with van der Waals surface area (Å²) < 4.78 is 0. The third-order valence-electron chi connectivity index (χ3n) is 4.41. The van der Waals surface area contributed by atoms with Crippen LogP contribution in [0.5, 0.6) is 0 Å². The predicted molar refractivity (Wildman–Crippen MR) is 90.6 cm³/mol. The van der Waals surface area contributed by atoms with Crippen LogP contribution in [-0.4, -0.2) is 23.4 Å². The van der Waals surface area contributed by atoms with Gasteiger partial charge in [0, 0.05) is 5.69 Å². The van der Waals surface area contributed by atoms with E-state index in [-0.39, 0.29) is 18.5 Å². The van der Waals surface area contributed by atoms with Gasteiger partial charge >= 0.3 is 0 Å². The fourth-order valence-electron chi connectivity index (χ4n) is 2.72. The average molecular weight is 308 g/mol. The van der Waals surface area contributed by atoms with Crippen molar-refractivity contribution in [2.45, 2.75) is 26.2 Å². The molecule has 0 bridgehead atoms. The Kier molecular flexibility index (Phi) is 4.15. The molecule has 1 heterocycles. The second-order valence-corrected chi connectivity index (χ2v) is 5.85. The number of anilines is 1. The lowest BCUT2D eigenvalue weighted by molar-refractivity contribution is 0.0666. The van der Waals surface area contributed by atoms with Crippen LogP contribution in [0.25, 0.3) is 0 Å². The Balaban J connectivity index is 1.68. The fourth-order valence-corrected chi connectivity index (χ4v) is 2.72. The molecule has 3 rings (SSSR count). The number of carbonyl (C=O) groups excluding carboxylic acids is 2. The molecular formula is C19H20N2O2. The summed E-state index contributed by atoms with van der Waals surface area (Å²) in [4.78, 5) is 25.8. The molecule has 1 aliphatic rings. The summed E-state index contributed by atoms with van der Waals surface area (Å²) in [5, 5.41) is 3.15. The largest absolute Gasteiger partial charge is 0.367 e. The SMILES string of the molecule is CCC(C)c1ccc(NCN2C(=O)c3ccccc3C2=O)cc1. The number of hydrogen-bond acceptors (Lipinski definition) is 3. The molecule has 4 nitrogen and oxygen atoms in total. The van der Waals surface area contributed by atoms with Crippen LogP contribution >= 0.6 is 0 Å². The zero-order valence-corrected chi connectivity index (χ0v) is 13.4. The van der Waals surface area contributed by atoms with E-state index in [1.165, 1.54) is 10.5 Å². The second-order valence-electron chi connectivity index (χ2n) is 5.85. The highest BCUT2D eigenvalue weighted by Crippen LogP contribution is 2.23. The lowest BCUT2D eigenvalue weighted by atomic mass is 9.99. The maximum Gasteiger partial charge on any atom is 0.263 e. The molecule has 0 spiro atoms. The van der Waals surface area contributed by atoms with E-state index in [4.69, 9.17) is 0 Å². The number of rotatable bonds is 5. The minimum absolute atomic E-state index is 0.176. The van der Waals surface area contributed by atoms with Gasteiger partial charge in [-0.15, -0.1) is 0 Å². The van der Waals surface area contributed by atoms with Crippen LogP contribution in [0.15, 0.2) is 48.5 Å². The maximum absolute atomic E-state index is 12.3. The predicted octanol–water partition coefficient (Wildman–Crippen LogP) is 3.87. The molecule has 2 aromatic carbocycles. The molecule has 1 aliphatic heterocycles. The number of imide groups is 1. The van der Waals surface area contributed by atoms with Crippen molar-refractivity contribution in [2.75, 3.05) is 12.0 Å². The normalized spacial score (nSPS) is 14.8. The topological polar surface area (TPSA) is 49.4 Å². The number of fused-ring (bicyclic) bond motifs is 1. The van der Waals surface area contributed by atoms with Crippen molar-refractivity contribution in [1.29, 1.82) is 0 Å². The van der Waals surface area contributed by atoms with Crippen molar-refractivity contribution in [3.63, 3.8) is 0 Å². The summed E-state index contributed by atoms with van der Waals surface area (Å²) in [6.07, 6.45) is 1.10. The summed E-state index contributed by atoms with van der Waals surface area (Å²) in [6.45, 7) is 4.54.